The lowest BCUT2D eigenvalue weighted by Gasteiger charge is -2.09. The molecule has 0 aromatic heterocycles. The smallest absolute Gasteiger partial charge is 0.317 e. The highest BCUT2D eigenvalue weighted by atomic mass is 16.6. The van der Waals surface area contributed by atoms with Gasteiger partial charge in [0.2, 0.25) is 0 Å². The number of nitro groups is 2. The first kappa shape index (κ1) is 21.1. The summed E-state index contributed by atoms with van der Waals surface area (Å²) in [6, 6.07) is 12.6. The van der Waals surface area contributed by atoms with Crippen molar-refractivity contribution in [2.45, 2.75) is 0 Å². The van der Waals surface area contributed by atoms with Crippen molar-refractivity contribution in [3.8, 4) is 11.5 Å². The predicted octanol–water partition coefficient (Wildman–Crippen LogP) is 2.99. The zero-order valence-corrected chi connectivity index (χ0v) is 15.0. The molecule has 0 atom stereocenters. The molecular formula is C18H20N2O8. The maximum absolute atomic E-state index is 11.0. The molecule has 0 N–H and O–H groups in total. The molecule has 0 saturated carbocycles. The fourth-order valence-electron chi connectivity index (χ4n) is 2.15. The summed E-state index contributed by atoms with van der Waals surface area (Å²) in [5.41, 5.74) is -0.834. The minimum atomic E-state index is -0.728. The van der Waals surface area contributed by atoms with Gasteiger partial charge in [-0.05, 0) is 18.2 Å². The Morgan fingerprint density at radius 1 is 0.714 bits per heavy atom. The van der Waals surface area contributed by atoms with Gasteiger partial charge >= 0.3 is 5.69 Å². The highest BCUT2D eigenvalue weighted by molar-refractivity contribution is 5.53. The standard InChI is InChI=1S/C18H20N2O8/c21-19(22)15-6-7-18(17(14-15)20(23)24)28-13-11-26-9-8-25-10-12-27-16-4-2-1-3-5-16/h1-7,14H,8-13H2. The summed E-state index contributed by atoms with van der Waals surface area (Å²) >= 11 is 0. The molecule has 0 spiro atoms. The normalized spacial score (nSPS) is 10.4. The summed E-state index contributed by atoms with van der Waals surface area (Å²) in [6.45, 7) is 1.81. The van der Waals surface area contributed by atoms with Crippen LogP contribution in [0.4, 0.5) is 11.4 Å². The van der Waals surface area contributed by atoms with Crippen LogP contribution in [-0.2, 0) is 9.47 Å². The van der Waals surface area contributed by atoms with Crippen LogP contribution in [-0.4, -0.2) is 49.5 Å². The van der Waals surface area contributed by atoms with Crippen molar-refractivity contribution in [2.75, 3.05) is 39.6 Å². The second kappa shape index (κ2) is 11.5. The average Bonchev–Trinajstić information content (AvgIpc) is 2.70. The second-order valence-corrected chi connectivity index (χ2v) is 5.40. The minimum absolute atomic E-state index is 0.0477. The van der Waals surface area contributed by atoms with Crippen molar-refractivity contribution < 1.29 is 28.8 Å². The van der Waals surface area contributed by atoms with Gasteiger partial charge in [-0.2, -0.15) is 0 Å². The third-order valence-corrected chi connectivity index (χ3v) is 3.45. The van der Waals surface area contributed by atoms with Crippen LogP contribution in [0.3, 0.4) is 0 Å². The highest BCUT2D eigenvalue weighted by Crippen LogP contribution is 2.30. The predicted molar refractivity (Wildman–Crippen MR) is 98.8 cm³/mol. The molecule has 2 rings (SSSR count). The largest absolute Gasteiger partial charge is 0.491 e. The van der Waals surface area contributed by atoms with Gasteiger partial charge in [0.05, 0.1) is 42.3 Å². The van der Waals surface area contributed by atoms with E-state index in [2.05, 4.69) is 0 Å². The Labute approximate surface area is 160 Å². The first-order valence-corrected chi connectivity index (χ1v) is 8.47. The lowest BCUT2D eigenvalue weighted by atomic mass is 10.2. The molecule has 0 bridgehead atoms. The SMILES string of the molecule is O=[N+]([O-])c1ccc(OCCOCCOCCOc2ccccc2)c([N+](=O)[O-])c1. The zero-order chi connectivity index (χ0) is 20.2. The number of hydrogen-bond acceptors (Lipinski definition) is 8. The number of para-hydroxylation sites is 1. The van der Waals surface area contributed by atoms with Gasteiger partial charge in [0.1, 0.15) is 19.0 Å². The molecular weight excluding hydrogens is 372 g/mol. The van der Waals surface area contributed by atoms with Crippen LogP contribution in [0.1, 0.15) is 0 Å². The summed E-state index contributed by atoms with van der Waals surface area (Å²) < 4.78 is 21.4. The van der Waals surface area contributed by atoms with Gasteiger partial charge in [0.25, 0.3) is 5.69 Å². The number of non-ortho nitro benzene ring substituents is 1. The molecule has 0 saturated heterocycles. The molecule has 0 aliphatic carbocycles. The first-order valence-electron chi connectivity index (χ1n) is 8.47. The molecule has 28 heavy (non-hydrogen) atoms. The summed E-state index contributed by atoms with van der Waals surface area (Å²) in [5.74, 6) is 0.730. The van der Waals surface area contributed by atoms with E-state index in [0.717, 1.165) is 17.9 Å². The van der Waals surface area contributed by atoms with E-state index in [-0.39, 0.29) is 24.7 Å². The van der Waals surface area contributed by atoms with Crippen molar-refractivity contribution in [1.82, 2.24) is 0 Å². The van der Waals surface area contributed by atoms with E-state index in [9.17, 15) is 20.2 Å². The highest BCUT2D eigenvalue weighted by Gasteiger charge is 2.20. The van der Waals surface area contributed by atoms with E-state index < -0.39 is 15.5 Å². The Morgan fingerprint density at radius 2 is 1.32 bits per heavy atom. The van der Waals surface area contributed by atoms with Crippen molar-refractivity contribution in [1.29, 1.82) is 0 Å². The quantitative estimate of drug-likeness (QED) is 0.289. The Hall–Kier alpha value is -3.24. The van der Waals surface area contributed by atoms with E-state index in [0.29, 0.717) is 26.4 Å². The topological polar surface area (TPSA) is 123 Å². The zero-order valence-electron chi connectivity index (χ0n) is 15.0. The molecule has 10 nitrogen and oxygen atoms in total. The lowest BCUT2D eigenvalue weighted by molar-refractivity contribution is -0.394. The van der Waals surface area contributed by atoms with Gasteiger partial charge in [-0.1, -0.05) is 18.2 Å². The van der Waals surface area contributed by atoms with Gasteiger partial charge in [0, 0.05) is 6.07 Å². The Kier molecular flexibility index (Phi) is 8.63. The number of ether oxygens (including phenoxy) is 4. The molecule has 150 valence electrons. The molecule has 0 fully saturated rings. The van der Waals surface area contributed by atoms with Gasteiger partial charge in [-0.15, -0.1) is 0 Å². The molecule has 0 radical (unpaired) electrons. The maximum Gasteiger partial charge on any atom is 0.317 e. The summed E-state index contributed by atoms with van der Waals surface area (Å²) in [4.78, 5) is 20.2. The van der Waals surface area contributed by atoms with Crippen molar-refractivity contribution >= 4 is 11.4 Å². The molecule has 2 aromatic rings. The lowest BCUT2D eigenvalue weighted by Crippen LogP contribution is -2.13. The summed E-state index contributed by atoms with van der Waals surface area (Å²) in [5, 5.41) is 21.7. The third kappa shape index (κ3) is 7.17. The van der Waals surface area contributed by atoms with Crippen LogP contribution in [0.2, 0.25) is 0 Å². The third-order valence-electron chi connectivity index (χ3n) is 3.45. The van der Waals surface area contributed by atoms with Crippen LogP contribution in [0.5, 0.6) is 11.5 Å². The number of benzene rings is 2. The average molecular weight is 392 g/mol. The monoisotopic (exact) mass is 392 g/mol. The molecule has 0 heterocycles. The van der Waals surface area contributed by atoms with Crippen molar-refractivity contribution in [3.05, 3.63) is 68.8 Å². The minimum Gasteiger partial charge on any atom is -0.491 e. The molecule has 0 aliphatic heterocycles. The van der Waals surface area contributed by atoms with Crippen LogP contribution in [0, 0.1) is 20.2 Å². The molecule has 10 heteroatoms. The van der Waals surface area contributed by atoms with Crippen molar-refractivity contribution in [3.63, 3.8) is 0 Å². The Balaban J connectivity index is 1.57. The number of rotatable bonds is 13. The maximum atomic E-state index is 11.0. The number of hydrogen-bond donors (Lipinski definition) is 0. The van der Waals surface area contributed by atoms with Crippen LogP contribution < -0.4 is 9.47 Å². The summed E-state index contributed by atoms with van der Waals surface area (Å²) in [6.07, 6.45) is 0. The number of nitro benzene ring substituents is 2. The van der Waals surface area contributed by atoms with Gasteiger partial charge in [-0.25, -0.2) is 0 Å². The molecule has 0 aliphatic rings. The van der Waals surface area contributed by atoms with Gasteiger partial charge < -0.3 is 18.9 Å². The molecule has 0 amide bonds. The first-order chi connectivity index (χ1) is 13.6. The van der Waals surface area contributed by atoms with Crippen molar-refractivity contribution in [2.24, 2.45) is 0 Å². The molecule has 2 aromatic carbocycles. The molecule has 0 unspecified atom stereocenters. The van der Waals surface area contributed by atoms with E-state index in [4.69, 9.17) is 18.9 Å². The fourth-order valence-corrected chi connectivity index (χ4v) is 2.15. The van der Waals surface area contributed by atoms with Crippen LogP contribution in [0.15, 0.2) is 48.5 Å². The Bertz CT molecular complexity index is 769. The van der Waals surface area contributed by atoms with E-state index in [1.807, 2.05) is 30.3 Å². The summed E-state index contributed by atoms with van der Waals surface area (Å²) in [7, 11) is 0. The Morgan fingerprint density at radius 3 is 1.93 bits per heavy atom. The van der Waals surface area contributed by atoms with E-state index in [1.165, 1.54) is 6.07 Å². The number of nitrogens with zero attached hydrogens (tertiary/aromatic N) is 2. The van der Waals surface area contributed by atoms with Crippen LogP contribution >= 0.6 is 0 Å². The van der Waals surface area contributed by atoms with Crippen LogP contribution in [0.25, 0.3) is 0 Å². The second-order valence-electron chi connectivity index (χ2n) is 5.40. The van der Waals surface area contributed by atoms with E-state index >= 15 is 0 Å². The fraction of sp³-hybridized carbons (Fsp3) is 0.333. The van der Waals surface area contributed by atoms with Gasteiger partial charge in [-0.3, -0.25) is 20.2 Å². The van der Waals surface area contributed by atoms with E-state index in [1.54, 1.807) is 0 Å². The van der Waals surface area contributed by atoms with Gasteiger partial charge in [0.15, 0.2) is 5.75 Å².